The van der Waals surface area contributed by atoms with Gasteiger partial charge in [0.1, 0.15) is 0 Å². The molecule has 1 N–H and O–H groups in total. The third-order valence-corrected chi connectivity index (χ3v) is 3.96. The number of rotatable bonds is 9. The van der Waals surface area contributed by atoms with E-state index in [-0.39, 0.29) is 0 Å². The number of thioether (sulfide) groups is 1. The van der Waals surface area contributed by atoms with Crippen molar-refractivity contribution in [3.63, 3.8) is 0 Å². The van der Waals surface area contributed by atoms with Gasteiger partial charge >= 0.3 is 0 Å². The van der Waals surface area contributed by atoms with Crippen molar-refractivity contribution in [2.75, 3.05) is 18.6 Å². The average Bonchev–Trinajstić information content (AvgIpc) is 2.46. The molecule has 0 amide bonds. The van der Waals surface area contributed by atoms with Crippen LogP contribution in [0.2, 0.25) is 0 Å². The van der Waals surface area contributed by atoms with Crippen LogP contribution in [0.25, 0.3) is 0 Å². The number of nitrogens with one attached hydrogen (secondary N) is 1. The van der Waals surface area contributed by atoms with Crippen molar-refractivity contribution in [3.8, 4) is 6.07 Å². The Hall–Kier alpha value is -0.980. The van der Waals surface area contributed by atoms with Gasteiger partial charge < -0.3 is 5.32 Å². The second kappa shape index (κ2) is 9.89. The summed E-state index contributed by atoms with van der Waals surface area (Å²) in [5.74, 6) is 1.29. The summed E-state index contributed by atoms with van der Waals surface area (Å²) in [6.07, 6.45) is 7.41. The highest BCUT2D eigenvalue weighted by molar-refractivity contribution is 7.98. The van der Waals surface area contributed by atoms with E-state index < -0.39 is 0 Å². The summed E-state index contributed by atoms with van der Waals surface area (Å²) in [7, 11) is 0. The SMILES string of the molecule is CSCCCCCCNC(C)c1ccc(C#N)cc1. The summed E-state index contributed by atoms with van der Waals surface area (Å²) in [6, 6.07) is 10.4. The maximum atomic E-state index is 8.76. The third kappa shape index (κ3) is 6.66. The molecule has 0 spiro atoms. The van der Waals surface area contributed by atoms with Gasteiger partial charge in [-0.1, -0.05) is 25.0 Å². The van der Waals surface area contributed by atoms with E-state index >= 15 is 0 Å². The van der Waals surface area contributed by atoms with Crippen LogP contribution in [0.1, 0.15) is 49.8 Å². The highest BCUT2D eigenvalue weighted by Gasteiger charge is 2.03. The second-order valence-corrected chi connectivity index (χ2v) is 5.80. The lowest BCUT2D eigenvalue weighted by atomic mass is 10.1. The number of nitrogens with zero attached hydrogens (tertiary/aromatic N) is 1. The number of hydrogen-bond donors (Lipinski definition) is 1. The van der Waals surface area contributed by atoms with Crippen LogP contribution in [0.3, 0.4) is 0 Å². The zero-order chi connectivity index (χ0) is 13.9. The maximum Gasteiger partial charge on any atom is 0.0991 e. The molecule has 3 heteroatoms. The molecule has 0 heterocycles. The van der Waals surface area contributed by atoms with Crippen LogP contribution < -0.4 is 5.32 Å². The van der Waals surface area contributed by atoms with Crippen LogP contribution in [0.4, 0.5) is 0 Å². The number of hydrogen-bond acceptors (Lipinski definition) is 3. The molecule has 1 rings (SSSR count). The fourth-order valence-corrected chi connectivity index (χ4v) is 2.50. The lowest BCUT2D eigenvalue weighted by Gasteiger charge is -2.14. The topological polar surface area (TPSA) is 35.8 Å². The van der Waals surface area contributed by atoms with Gasteiger partial charge in [-0.15, -0.1) is 0 Å². The smallest absolute Gasteiger partial charge is 0.0991 e. The molecule has 2 nitrogen and oxygen atoms in total. The van der Waals surface area contributed by atoms with E-state index in [1.54, 1.807) is 0 Å². The molecule has 0 bridgehead atoms. The highest BCUT2D eigenvalue weighted by Crippen LogP contribution is 2.13. The summed E-state index contributed by atoms with van der Waals surface area (Å²) >= 11 is 1.93. The Morgan fingerprint density at radius 3 is 2.47 bits per heavy atom. The first-order chi connectivity index (χ1) is 9.27. The van der Waals surface area contributed by atoms with Crippen molar-refractivity contribution in [1.82, 2.24) is 5.32 Å². The van der Waals surface area contributed by atoms with Crippen molar-refractivity contribution < 1.29 is 0 Å². The predicted molar refractivity (Wildman–Crippen MR) is 84.4 cm³/mol. The van der Waals surface area contributed by atoms with Crippen LogP contribution in [0.5, 0.6) is 0 Å². The van der Waals surface area contributed by atoms with Crippen LogP contribution in [-0.2, 0) is 0 Å². The Morgan fingerprint density at radius 1 is 1.16 bits per heavy atom. The quantitative estimate of drug-likeness (QED) is 0.689. The lowest BCUT2D eigenvalue weighted by molar-refractivity contribution is 0.537. The Balaban J connectivity index is 2.16. The monoisotopic (exact) mass is 276 g/mol. The number of benzene rings is 1. The van der Waals surface area contributed by atoms with Crippen LogP contribution in [0.15, 0.2) is 24.3 Å². The molecule has 19 heavy (non-hydrogen) atoms. The first kappa shape index (κ1) is 16.1. The minimum Gasteiger partial charge on any atom is -0.310 e. The normalized spacial score (nSPS) is 12.1. The first-order valence-electron chi connectivity index (χ1n) is 7.00. The molecule has 1 atom stereocenters. The van der Waals surface area contributed by atoms with E-state index in [2.05, 4.69) is 24.6 Å². The molecule has 0 aliphatic rings. The molecule has 0 aromatic heterocycles. The molecule has 0 saturated carbocycles. The average molecular weight is 276 g/mol. The van der Waals surface area contributed by atoms with Crippen LogP contribution >= 0.6 is 11.8 Å². The zero-order valence-corrected chi connectivity index (χ0v) is 12.8. The van der Waals surface area contributed by atoms with E-state index in [1.807, 2.05) is 36.0 Å². The van der Waals surface area contributed by atoms with Gasteiger partial charge in [-0.3, -0.25) is 0 Å². The highest BCUT2D eigenvalue weighted by atomic mass is 32.2. The minimum atomic E-state index is 0.360. The van der Waals surface area contributed by atoms with Crippen molar-refractivity contribution in [2.24, 2.45) is 0 Å². The molecule has 1 aromatic rings. The Labute approximate surface area is 121 Å². The lowest BCUT2D eigenvalue weighted by Crippen LogP contribution is -2.19. The summed E-state index contributed by atoms with van der Waals surface area (Å²) in [4.78, 5) is 0. The second-order valence-electron chi connectivity index (χ2n) is 4.82. The Morgan fingerprint density at radius 2 is 1.84 bits per heavy atom. The molecule has 104 valence electrons. The Bertz CT molecular complexity index is 381. The maximum absolute atomic E-state index is 8.76. The molecular weight excluding hydrogens is 252 g/mol. The fraction of sp³-hybridized carbons (Fsp3) is 0.562. The van der Waals surface area contributed by atoms with E-state index in [0.29, 0.717) is 6.04 Å². The Kier molecular flexibility index (Phi) is 8.36. The van der Waals surface area contributed by atoms with Gasteiger partial charge in [-0.2, -0.15) is 17.0 Å². The van der Waals surface area contributed by atoms with Gasteiger partial charge in [-0.05, 0) is 56.0 Å². The number of unbranched alkanes of at least 4 members (excludes halogenated alkanes) is 3. The number of nitriles is 1. The molecule has 0 fully saturated rings. The van der Waals surface area contributed by atoms with E-state index in [9.17, 15) is 0 Å². The molecule has 1 aromatic carbocycles. The first-order valence-corrected chi connectivity index (χ1v) is 8.39. The molecule has 0 saturated heterocycles. The van der Waals surface area contributed by atoms with Gasteiger partial charge in [0.25, 0.3) is 0 Å². The fourth-order valence-electron chi connectivity index (χ4n) is 2.01. The van der Waals surface area contributed by atoms with Crippen molar-refractivity contribution in [2.45, 2.75) is 38.6 Å². The van der Waals surface area contributed by atoms with Crippen molar-refractivity contribution in [3.05, 3.63) is 35.4 Å². The minimum absolute atomic E-state index is 0.360. The van der Waals surface area contributed by atoms with Crippen molar-refractivity contribution in [1.29, 1.82) is 5.26 Å². The van der Waals surface area contributed by atoms with Crippen molar-refractivity contribution >= 4 is 11.8 Å². The zero-order valence-electron chi connectivity index (χ0n) is 12.0. The summed E-state index contributed by atoms with van der Waals surface area (Å²) in [5, 5.41) is 12.3. The van der Waals surface area contributed by atoms with Gasteiger partial charge in [0.2, 0.25) is 0 Å². The van der Waals surface area contributed by atoms with E-state index in [1.165, 1.54) is 37.0 Å². The molecule has 0 radical (unpaired) electrons. The van der Waals surface area contributed by atoms with Gasteiger partial charge in [0, 0.05) is 6.04 Å². The van der Waals surface area contributed by atoms with Crippen LogP contribution in [-0.4, -0.2) is 18.6 Å². The largest absolute Gasteiger partial charge is 0.310 e. The van der Waals surface area contributed by atoms with Crippen LogP contribution in [0, 0.1) is 11.3 Å². The van der Waals surface area contributed by atoms with E-state index in [4.69, 9.17) is 5.26 Å². The third-order valence-electron chi connectivity index (χ3n) is 3.27. The molecule has 0 aliphatic carbocycles. The standard InChI is InChI=1S/C16H24N2S/c1-14(16-9-7-15(13-17)8-10-16)18-11-5-3-4-6-12-19-2/h7-10,14,18H,3-6,11-12H2,1-2H3. The summed E-state index contributed by atoms with van der Waals surface area (Å²) < 4.78 is 0. The van der Waals surface area contributed by atoms with Gasteiger partial charge in [-0.25, -0.2) is 0 Å². The summed E-state index contributed by atoms with van der Waals surface area (Å²) in [6.45, 7) is 3.25. The predicted octanol–water partition coefficient (Wildman–Crippen LogP) is 4.13. The van der Waals surface area contributed by atoms with E-state index in [0.717, 1.165) is 12.1 Å². The van der Waals surface area contributed by atoms with Gasteiger partial charge in [0.15, 0.2) is 0 Å². The molecular formula is C16H24N2S. The molecule has 1 unspecified atom stereocenters. The summed E-state index contributed by atoms with van der Waals surface area (Å²) in [5.41, 5.74) is 1.98. The van der Waals surface area contributed by atoms with Gasteiger partial charge in [0.05, 0.1) is 11.6 Å². The molecule has 0 aliphatic heterocycles.